The first-order valence-corrected chi connectivity index (χ1v) is 5.60. The number of hydrogen-bond donors (Lipinski definition) is 2. The summed E-state index contributed by atoms with van der Waals surface area (Å²) in [6.07, 6.45) is 0. The maximum absolute atomic E-state index is 10.9. The van der Waals surface area contributed by atoms with Gasteiger partial charge >= 0.3 is 0 Å². The highest BCUT2D eigenvalue weighted by atomic mass is 32.2. The predicted octanol–water partition coefficient (Wildman–Crippen LogP) is 1.20. The van der Waals surface area contributed by atoms with E-state index in [1.807, 2.05) is 0 Å². The molecule has 0 saturated heterocycles. The maximum atomic E-state index is 10.9. The van der Waals surface area contributed by atoms with E-state index in [-0.39, 0.29) is 10.8 Å². The fourth-order valence-electron chi connectivity index (χ4n) is 1.16. The summed E-state index contributed by atoms with van der Waals surface area (Å²) in [5.74, 6) is -0.305. The van der Waals surface area contributed by atoms with E-state index >= 15 is 0 Å². The number of hydrogen-bond acceptors (Lipinski definition) is 3. The number of carbonyl (C=O) groups excluding carboxylic acids is 1. The lowest BCUT2D eigenvalue weighted by Gasteiger charge is -2.06. The van der Waals surface area contributed by atoms with Gasteiger partial charge in [-0.15, -0.1) is 0 Å². The van der Waals surface area contributed by atoms with Crippen LogP contribution in [0, 0.1) is 6.92 Å². The largest absolute Gasteiger partial charge is 0.326 e. The average Bonchev–Trinajstić information content (AvgIpc) is 2.05. The van der Waals surface area contributed by atoms with Crippen LogP contribution in [0.2, 0.25) is 0 Å². The van der Waals surface area contributed by atoms with Crippen LogP contribution in [-0.4, -0.2) is 18.9 Å². The van der Waals surface area contributed by atoms with Gasteiger partial charge in [0.15, 0.2) is 0 Å². The van der Waals surface area contributed by atoms with Crippen LogP contribution in [0.1, 0.15) is 12.5 Å². The van der Waals surface area contributed by atoms with Crippen molar-refractivity contribution in [2.75, 3.05) is 5.32 Å². The Balaban J connectivity index is 3.23. The van der Waals surface area contributed by atoms with E-state index in [1.54, 1.807) is 13.0 Å². The van der Waals surface area contributed by atoms with Gasteiger partial charge in [-0.3, -0.25) is 9.35 Å². The molecule has 2 N–H and O–H groups in total. The monoisotopic (exact) mass is 229 g/mol. The van der Waals surface area contributed by atoms with Gasteiger partial charge in [-0.25, -0.2) is 0 Å². The molecule has 1 aromatic rings. The summed E-state index contributed by atoms with van der Waals surface area (Å²) < 4.78 is 30.8. The van der Waals surface area contributed by atoms with Crippen molar-refractivity contribution in [2.24, 2.45) is 0 Å². The normalized spacial score (nSPS) is 11.1. The van der Waals surface area contributed by atoms with Gasteiger partial charge in [-0.2, -0.15) is 8.42 Å². The lowest BCUT2D eigenvalue weighted by Crippen LogP contribution is -2.08. The van der Waals surface area contributed by atoms with Crippen molar-refractivity contribution >= 4 is 21.7 Å². The van der Waals surface area contributed by atoms with Crippen molar-refractivity contribution in [1.29, 1.82) is 0 Å². The van der Waals surface area contributed by atoms with Crippen LogP contribution >= 0.6 is 0 Å². The SMILES string of the molecule is CC(=O)Nc1ccc(C)c(S(=O)(=O)O)c1. The highest BCUT2D eigenvalue weighted by Gasteiger charge is 2.13. The molecule has 0 bridgehead atoms. The second-order valence-corrected chi connectivity index (χ2v) is 4.53. The minimum Gasteiger partial charge on any atom is -0.326 e. The van der Waals surface area contributed by atoms with Gasteiger partial charge < -0.3 is 5.32 Å². The number of anilines is 1. The molecule has 0 aliphatic heterocycles. The topological polar surface area (TPSA) is 83.5 Å². The molecule has 0 heterocycles. The third-order valence-electron chi connectivity index (χ3n) is 1.79. The molecule has 0 radical (unpaired) electrons. The molecule has 0 spiro atoms. The molecule has 0 unspecified atom stereocenters. The van der Waals surface area contributed by atoms with Crippen molar-refractivity contribution < 1.29 is 17.8 Å². The van der Waals surface area contributed by atoms with Gasteiger partial charge in [-0.1, -0.05) is 6.07 Å². The van der Waals surface area contributed by atoms with E-state index in [0.717, 1.165) is 0 Å². The molecule has 0 atom stereocenters. The fraction of sp³-hybridized carbons (Fsp3) is 0.222. The summed E-state index contributed by atoms with van der Waals surface area (Å²) in [5.41, 5.74) is 0.757. The maximum Gasteiger partial charge on any atom is 0.294 e. The van der Waals surface area contributed by atoms with Gasteiger partial charge in [0.25, 0.3) is 10.1 Å². The second kappa shape index (κ2) is 4.00. The Bertz CT molecular complexity index is 493. The predicted molar refractivity (Wildman–Crippen MR) is 55.3 cm³/mol. The summed E-state index contributed by atoms with van der Waals surface area (Å²) in [7, 11) is -4.24. The van der Waals surface area contributed by atoms with Crippen LogP contribution in [0.15, 0.2) is 23.1 Å². The third-order valence-corrected chi connectivity index (χ3v) is 2.78. The van der Waals surface area contributed by atoms with Crippen LogP contribution in [0.4, 0.5) is 5.69 Å². The van der Waals surface area contributed by atoms with E-state index in [2.05, 4.69) is 5.32 Å². The lowest BCUT2D eigenvalue weighted by molar-refractivity contribution is -0.114. The molecule has 5 nitrogen and oxygen atoms in total. The summed E-state index contributed by atoms with van der Waals surface area (Å²) in [5, 5.41) is 2.43. The van der Waals surface area contributed by atoms with Crippen LogP contribution in [0.25, 0.3) is 0 Å². The summed E-state index contributed by atoms with van der Waals surface area (Å²) in [6.45, 7) is 2.87. The van der Waals surface area contributed by atoms with Gasteiger partial charge in [0, 0.05) is 12.6 Å². The Hall–Kier alpha value is -1.40. The van der Waals surface area contributed by atoms with Crippen LogP contribution < -0.4 is 5.32 Å². The molecule has 0 fully saturated rings. The summed E-state index contributed by atoms with van der Waals surface area (Å²) >= 11 is 0. The molecule has 0 saturated carbocycles. The quantitative estimate of drug-likeness (QED) is 0.746. The number of rotatable bonds is 2. The standard InChI is InChI=1S/C9H11NO4S/c1-6-3-4-8(10-7(2)11)5-9(6)15(12,13)14/h3-5H,1-2H3,(H,10,11)(H,12,13,14). The van der Waals surface area contributed by atoms with Crippen molar-refractivity contribution in [1.82, 2.24) is 0 Å². The highest BCUT2D eigenvalue weighted by molar-refractivity contribution is 7.85. The smallest absolute Gasteiger partial charge is 0.294 e. The third kappa shape index (κ3) is 3.03. The Morgan fingerprint density at radius 3 is 2.47 bits per heavy atom. The van der Waals surface area contributed by atoms with Crippen molar-refractivity contribution in [3.63, 3.8) is 0 Å². The van der Waals surface area contributed by atoms with E-state index < -0.39 is 10.1 Å². The van der Waals surface area contributed by atoms with E-state index in [1.165, 1.54) is 19.1 Å². The molecule has 15 heavy (non-hydrogen) atoms. The zero-order valence-electron chi connectivity index (χ0n) is 8.31. The molecule has 82 valence electrons. The zero-order chi connectivity index (χ0) is 11.6. The Labute approximate surface area is 87.9 Å². The zero-order valence-corrected chi connectivity index (χ0v) is 9.13. The number of nitrogens with one attached hydrogen (secondary N) is 1. The first-order chi connectivity index (χ1) is 6.80. The molecule has 1 amide bonds. The average molecular weight is 229 g/mol. The van der Waals surface area contributed by atoms with Gasteiger partial charge in [0.1, 0.15) is 0 Å². The summed E-state index contributed by atoms with van der Waals surface area (Å²) in [4.78, 5) is 10.5. The highest BCUT2D eigenvalue weighted by Crippen LogP contribution is 2.19. The number of aryl methyl sites for hydroxylation is 1. The molecule has 6 heteroatoms. The number of carbonyl (C=O) groups is 1. The second-order valence-electron chi connectivity index (χ2n) is 3.14. The number of amides is 1. The minimum absolute atomic E-state index is 0.200. The molecular formula is C9H11NO4S. The van der Waals surface area contributed by atoms with Crippen molar-refractivity contribution in [2.45, 2.75) is 18.7 Å². The fourth-order valence-corrected chi connectivity index (χ4v) is 1.91. The Kier molecular flexibility index (Phi) is 3.11. The molecular weight excluding hydrogens is 218 g/mol. The molecule has 1 aromatic carbocycles. The van der Waals surface area contributed by atoms with Crippen molar-refractivity contribution in [3.05, 3.63) is 23.8 Å². The Morgan fingerprint density at radius 1 is 1.40 bits per heavy atom. The summed E-state index contributed by atoms with van der Waals surface area (Å²) in [6, 6.07) is 4.28. The first-order valence-electron chi connectivity index (χ1n) is 4.16. The first kappa shape index (κ1) is 11.7. The Morgan fingerprint density at radius 2 is 2.00 bits per heavy atom. The van der Waals surface area contributed by atoms with Gasteiger partial charge in [-0.05, 0) is 24.6 Å². The van der Waals surface area contributed by atoms with Crippen LogP contribution in [0.3, 0.4) is 0 Å². The molecule has 0 aliphatic rings. The van der Waals surface area contributed by atoms with Gasteiger partial charge in [0.05, 0.1) is 4.90 Å². The van der Waals surface area contributed by atoms with Gasteiger partial charge in [0.2, 0.25) is 5.91 Å². The van der Waals surface area contributed by atoms with E-state index in [9.17, 15) is 13.2 Å². The van der Waals surface area contributed by atoms with Crippen LogP contribution in [0.5, 0.6) is 0 Å². The molecule has 1 rings (SSSR count). The van der Waals surface area contributed by atoms with E-state index in [0.29, 0.717) is 11.3 Å². The van der Waals surface area contributed by atoms with E-state index in [4.69, 9.17) is 4.55 Å². The molecule has 0 aliphatic carbocycles. The number of benzene rings is 1. The van der Waals surface area contributed by atoms with Crippen LogP contribution in [-0.2, 0) is 14.9 Å². The molecule has 0 aromatic heterocycles. The van der Waals surface area contributed by atoms with Crippen molar-refractivity contribution in [3.8, 4) is 0 Å². The minimum atomic E-state index is -4.24. The lowest BCUT2D eigenvalue weighted by atomic mass is 10.2.